The van der Waals surface area contributed by atoms with Crippen LogP contribution in [-0.4, -0.2) is 34.9 Å². The molecule has 5 nitrogen and oxygen atoms in total. The predicted molar refractivity (Wildman–Crippen MR) is 60.1 cm³/mol. The molecule has 2 unspecified atom stereocenters. The summed E-state index contributed by atoms with van der Waals surface area (Å²) >= 11 is 0. The van der Waals surface area contributed by atoms with Gasteiger partial charge in [-0.15, -0.1) is 0 Å². The Morgan fingerprint density at radius 3 is 2.75 bits per heavy atom. The van der Waals surface area contributed by atoms with Crippen molar-refractivity contribution in [3.8, 4) is 0 Å². The van der Waals surface area contributed by atoms with Crippen molar-refractivity contribution in [2.24, 2.45) is 11.7 Å². The number of likely N-dealkylation sites (tertiary alicyclic amines) is 1. The van der Waals surface area contributed by atoms with Crippen molar-refractivity contribution in [2.45, 2.75) is 13.0 Å². The van der Waals surface area contributed by atoms with Gasteiger partial charge in [-0.1, -0.05) is 6.92 Å². The van der Waals surface area contributed by atoms with Crippen LogP contribution in [0, 0.1) is 5.92 Å². The zero-order valence-electron chi connectivity index (χ0n) is 9.14. The zero-order valence-corrected chi connectivity index (χ0v) is 9.14. The first-order valence-corrected chi connectivity index (χ1v) is 5.31. The lowest BCUT2D eigenvalue weighted by Gasteiger charge is -2.15. The fourth-order valence-corrected chi connectivity index (χ4v) is 1.88. The number of amides is 1. The number of rotatable bonds is 1. The van der Waals surface area contributed by atoms with Gasteiger partial charge >= 0.3 is 0 Å². The monoisotopic (exact) mass is 221 g/mol. The number of nitrogens with one attached hydrogen (secondary N) is 1. The summed E-state index contributed by atoms with van der Waals surface area (Å²) in [6, 6.07) is 2.94. The second kappa shape index (κ2) is 4.09. The van der Waals surface area contributed by atoms with Crippen molar-refractivity contribution in [1.82, 2.24) is 9.88 Å². The van der Waals surface area contributed by atoms with Gasteiger partial charge in [0.25, 0.3) is 5.91 Å². The highest BCUT2D eigenvalue weighted by Crippen LogP contribution is 2.16. The van der Waals surface area contributed by atoms with Crippen LogP contribution >= 0.6 is 0 Å². The van der Waals surface area contributed by atoms with Gasteiger partial charge in [-0.2, -0.15) is 0 Å². The van der Waals surface area contributed by atoms with E-state index in [1.54, 1.807) is 4.90 Å². The fraction of sp³-hybridized carbons (Fsp3) is 0.455. The van der Waals surface area contributed by atoms with Crippen LogP contribution in [0.5, 0.6) is 0 Å². The Kier molecular flexibility index (Phi) is 2.78. The maximum Gasteiger partial charge on any atom is 0.255 e. The van der Waals surface area contributed by atoms with E-state index in [9.17, 15) is 9.59 Å². The maximum absolute atomic E-state index is 12.0. The first-order valence-electron chi connectivity index (χ1n) is 5.31. The fourth-order valence-electron chi connectivity index (χ4n) is 1.88. The summed E-state index contributed by atoms with van der Waals surface area (Å²) in [7, 11) is 0. The summed E-state index contributed by atoms with van der Waals surface area (Å²) in [6.45, 7) is 3.29. The minimum atomic E-state index is -0.206. The Hall–Kier alpha value is -1.62. The molecular formula is C11H15N3O2. The van der Waals surface area contributed by atoms with Crippen molar-refractivity contribution in [3.63, 3.8) is 0 Å². The van der Waals surface area contributed by atoms with Gasteiger partial charge in [0.05, 0.1) is 5.56 Å². The molecule has 1 saturated heterocycles. The zero-order chi connectivity index (χ0) is 11.7. The van der Waals surface area contributed by atoms with Crippen molar-refractivity contribution < 1.29 is 4.79 Å². The number of nitrogens with two attached hydrogens (primary N) is 1. The van der Waals surface area contributed by atoms with Crippen LogP contribution in [0.3, 0.4) is 0 Å². The third kappa shape index (κ3) is 1.99. The van der Waals surface area contributed by atoms with Crippen molar-refractivity contribution in [3.05, 3.63) is 34.2 Å². The van der Waals surface area contributed by atoms with E-state index in [1.807, 2.05) is 6.92 Å². The molecule has 1 amide bonds. The minimum Gasteiger partial charge on any atom is -0.337 e. The molecule has 2 rings (SSSR count). The average molecular weight is 221 g/mol. The number of aromatic nitrogens is 1. The third-order valence-corrected chi connectivity index (χ3v) is 2.99. The summed E-state index contributed by atoms with van der Waals surface area (Å²) in [5.41, 5.74) is 6.15. The summed E-state index contributed by atoms with van der Waals surface area (Å²) in [5, 5.41) is 0. The summed E-state index contributed by atoms with van der Waals surface area (Å²) in [6.07, 6.45) is 1.44. The highest BCUT2D eigenvalue weighted by Gasteiger charge is 2.30. The van der Waals surface area contributed by atoms with Gasteiger partial charge < -0.3 is 15.6 Å². The molecule has 86 valence electrons. The van der Waals surface area contributed by atoms with E-state index >= 15 is 0 Å². The average Bonchev–Trinajstić information content (AvgIpc) is 2.59. The molecule has 16 heavy (non-hydrogen) atoms. The van der Waals surface area contributed by atoms with Crippen LogP contribution in [0.4, 0.5) is 0 Å². The summed E-state index contributed by atoms with van der Waals surface area (Å²) in [4.78, 5) is 27.1. The van der Waals surface area contributed by atoms with E-state index < -0.39 is 0 Å². The van der Waals surface area contributed by atoms with Crippen LogP contribution < -0.4 is 11.3 Å². The molecule has 0 aromatic carbocycles. The van der Waals surface area contributed by atoms with Gasteiger partial charge in [-0.3, -0.25) is 9.59 Å². The van der Waals surface area contributed by atoms with E-state index in [1.165, 1.54) is 18.3 Å². The van der Waals surface area contributed by atoms with Crippen LogP contribution in [0.2, 0.25) is 0 Å². The second-order valence-corrected chi connectivity index (χ2v) is 4.29. The van der Waals surface area contributed by atoms with Gasteiger partial charge in [-0.25, -0.2) is 0 Å². The quantitative estimate of drug-likeness (QED) is 0.689. The molecule has 1 fully saturated rings. The van der Waals surface area contributed by atoms with Crippen LogP contribution in [0.15, 0.2) is 23.1 Å². The van der Waals surface area contributed by atoms with E-state index in [0.717, 1.165) is 0 Å². The predicted octanol–water partition coefficient (Wildman–Crippen LogP) is -0.206. The normalized spacial score (nSPS) is 24.8. The molecular weight excluding hydrogens is 206 g/mol. The molecule has 1 aliphatic rings. The molecule has 2 atom stereocenters. The molecule has 0 aliphatic carbocycles. The van der Waals surface area contributed by atoms with Crippen LogP contribution in [-0.2, 0) is 0 Å². The molecule has 0 radical (unpaired) electrons. The lowest BCUT2D eigenvalue weighted by molar-refractivity contribution is 0.0786. The van der Waals surface area contributed by atoms with Gasteiger partial charge in [-0.05, 0) is 12.0 Å². The molecule has 3 N–H and O–H groups in total. The van der Waals surface area contributed by atoms with Crippen molar-refractivity contribution in [2.75, 3.05) is 13.1 Å². The molecule has 0 saturated carbocycles. The Morgan fingerprint density at radius 1 is 1.50 bits per heavy atom. The number of nitrogens with zero attached hydrogens (tertiary/aromatic N) is 1. The molecule has 1 aliphatic heterocycles. The van der Waals surface area contributed by atoms with Gasteiger partial charge in [0.2, 0.25) is 5.56 Å². The molecule has 1 aromatic rings. The lowest BCUT2D eigenvalue weighted by atomic mass is 10.1. The topological polar surface area (TPSA) is 79.2 Å². The van der Waals surface area contributed by atoms with Gasteiger partial charge in [0, 0.05) is 31.4 Å². The van der Waals surface area contributed by atoms with E-state index in [-0.39, 0.29) is 17.5 Å². The third-order valence-electron chi connectivity index (χ3n) is 2.99. The smallest absolute Gasteiger partial charge is 0.255 e. The van der Waals surface area contributed by atoms with Crippen LogP contribution in [0.25, 0.3) is 0 Å². The van der Waals surface area contributed by atoms with E-state index in [4.69, 9.17) is 5.73 Å². The largest absolute Gasteiger partial charge is 0.337 e. The summed E-state index contributed by atoms with van der Waals surface area (Å²) < 4.78 is 0. The van der Waals surface area contributed by atoms with Gasteiger partial charge in [0.15, 0.2) is 0 Å². The molecule has 1 aromatic heterocycles. The molecule has 2 heterocycles. The van der Waals surface area contributed by atoms with Crippen LogP contribution in [0.1, 0.15) is 17.3 Å². The Balaban J connectivity index is 2.14. The number of H-pyrrole nitrogens is 1. The maximum atomic E-state index is 12.0. The highest BCUT2D eigenvalue weighted by atomic mass is 16.2. The number of pyridine rings is 1. The number of carbonyl (C=O) groups excluding carboxylic acids is 1. The number of carbonyl (C=O) groups is 1. The highest BCUT2D eigenvalue weighted by molar-refractivity contribution is 5.94. The number of hydrogen-bond donors (Lipinski definition) is 2. The molecule has 5 heteroatoms. The SMILES string of the molecule is CC1CN(C(=O)c2ccc(=O)[nH]c2)CC1N. The Morgan fingerprint density at radius 2 is 2.25 bits per heavy atom. The summed E-state index contributed by atoms with van der Waals surface area (Å²) in [5.74, 6) is 0.253. The minimum absolute atomic E-state index is 0.0479. The first kappa shape index (κ1) is 10.9. The van der Waals surface area contributed by atoms with Gasteiger partial charge in [0.1, 0.15) is 0 Å². The van der Waals surface area contributed by atoms with E-state index in [2.05, 4.69) is 4.98 Å². The van der Waals surface area contributed by atoms with Crippen molar-refractivity contribution >= 4 is 5.91 Å². The van der Waals surface area contributed by atoms with E-state index in [0.29, 0.717) is 24.6 Å². The molecule has 0 bridgehead atoms. The lowest BCUT2D eigenvalue weighted by Crippen LogP contribution is -2.32. The number of hydrogen-bond acceptors (Lipinski definition) is 3. The Bertz CT molecular complexity index is 424. The standard InChI is InChI=1S/C11H15N3O2/c1-7-5-14(6-9(7)12)11(16)8-2-3-10(15)13-4-8/h2-4,7,9H,5-6,12H2,1H3,(H,13,15). The number of aromatic amines is 1. The first-order chi connectivity index (χ1) is 7.58. The second-order valence-electron chi connectivity index (χ2n) is 4.29. The molecule has 0 spiro atoms. The van der Waals surface area contributed by atoms with Crippen molar-refractivity contribution in [1.29, 1.82) is 0 Å². The Labute approximate surface area is 93.3 Å².